The third-order valence-electron chi connectivity index (χ3n) is 2.66. The van der Waals surface area contributed by atoms with E-state index >= 15 is 0 Å². The highest BCUT2D eigenvalue weighted by Crippen LogP contribution is 2.08. The fourth-order valence-corrected chi connectivity index (χ4v) is 1.48. The summed E-state index contributed by atoms with van der Waals surface area (Å²) in [5.74, 6) is -0.453. The number of hydrogen-bond acceptors (Lipinski definition) is 6. The van der Waals surface area contributed by atoms with Crippen LogP contribution in [0, 0.1) is 5.92 Å². The quantitative estimate of drug-likeness (QED) is 0.348. The first-order valence-corrected chi connectivity index (χ1v) is 5.80. The van der Waals surface area contributed by atoms with E-state index in [0.717, 1.165) is 0 Å². The Bertz CT molecular complexity index is 260. The Hall–Kier alpha value is -0.730. The second-order valence-electron chi connectivity index (χ2n) is 4.67. The van der Waals surface area contributed by atoms with Gasteiger partial charge in [0.15, 0.2) is 0 Å². The highest BCUT2D eigenvalue weighted by molar-refractivity contribution is 5.77. The van der Waals surface area contributed by atoms with Gasteiger partial charge in [-0.1, -0.05) is 13.8 Å². The van der Waals surface area contributed by atoms with E-state index in [1.54, 1.807) is 13.8 Å². The van der Waals surface area contributed by atoms with Crippen molar-refractivity contribution in [2.24, 2.45) is 5.92 Å². The molecule has 4 unspecified atom stereocenters. The Kier molecular flexibility index (Phi) is 7.34. The van der Waals surface area contributed by atoms with Crippen LogP contribution in [0.5, 0.6) is 0 Å². The number of hydrogen-bond donors (Lipinski definition) is 5. The molecule has 7 heteroatoms. The lowest BCUT2D eigenvalue weighted by molar-refractivity contribution is -0.140. The second-order valence-corrected chi connectivity index (χ2v) is 4.67. The average molecular weight is 265 g/mol. The predicted octanol–water partition coefficient (Wildman–Crippen LogP) is -2.46. The summed E-state index contributed by atoms with van der Waals surface area (Å²) in [6.07, 6.45) is -6.27. The zero-order chi connectivity index (χ0) is 14.5. The van der Waals surface area contributed by atoms with Gasteiger partial charge in [-0.05, 0) is 0 Å². The molecule has 0 aromatic heterocycles. The van der Waals surface area contributed by atoms with E-state index in [2.05, 4.69) is 0 Å². The van der Waals surface area contributed by atoms with Gasteiger partial charge in [0.05, 0.1) is 6.61 Å². The SMILES string of the molecule is CC(C)C(=O)N(C)CC(O)C(O)C(O)C(O)CO. The second kappa shape index (κ2) is 7.65. The van der Waals surface area contributed by atoms with Crippen LogP contribution in [0.15, 0.2) is 0 Å². The summed E-state index contributed by atoms with van der Waals surface area (Å²) in [6.45, 7) is 2.50. The fraction of sp³-hybridized carbons (Fsp3) is 0.909. The number of likely N-dealkylation sites (N-methyl/N-ethyl adjacent to an activating group) is 1. The van der Waals surface area contributed by atoms with Crippen molar-refractivity contribution >= 4 is 5.91 Å². The predicted molar refractivity (Wildman–Crippen MR) is 63.6 cm³/mol. The molecule has 4 atom stereocenters. The van der Waals surface area contributed by atoms with Crippen molar-refractivity contribution in [1.29, 1.82) is 0 Å². The lowest BCUT2D eigenvalue weighted by atomic mass is 10.0. The van der Waals surface area contributed by atoms with Crippen molar-refractivity contribution in [3.8, 4) is 0 Å². The van der Waals surface area contributed by atoms with E-state index in [0.29, 0.717) is 0 Å². The minimum absolute atomic E-state index is 0.173. The minimum Gasteiger partial charge on any atom is -0.394 e. The van der Waals surface area contributed by atoms with Crippen LogP contribution in [0.1, 0.15) is 13.8 Å². The third kappa shape index (κ3) is 4.87. The normalized spacial score (nSPS) is 18.3. The van der Waals surface area contributed by atoms with Crippen molar-refractivity contribution in [3.05, 3.63) is 0 Å². The number of nitrogens with zero attached hydrogens (tertiary/aromatic N) is 1. The highest BCUT2D eigenvalue weighted by Gasteiger charge is 2.31. The van der Waals surface area contributed by atoms with Gasteiger partial charge in [0, 0.05) is 19.5 Å². The van der Waals surface area contributed by atoms with E-state index in [1.165, 1.54) is 11.9 Å². The Morgan fingerprint density at radius 2 is 1.50 bits per heavy atom. The van der Waals surface area contributed by atoms with E-state index in [9.17, 15) is 20.1 Å². The molecule has 0 saturated carbocycles. The van der Waals surface area contributed by atoms with Gasteiger partial charge in [0.25, 0.3) is 0 Å². The molecule has 18 heavy (non-hydrogen) atoms. The van der Waals surface area contributed by atoms with Crippen LogP contribution in [0.3, 0.4) is 0 Å². The molecule has 0 aliphatic carbocycles. The maximum Gasteiger partial charge on any atom is 0.224 e. The smallest absolute Gasteiger partial charge is 0.224 e. The number of carbonyl (C=O) groups is 1. The van der Waals surface area contributed by atoms with Crippen molar-refractivity contribution in [3.63, 3.8) is 0 Å². The summed E-state index contributed by atoms with van der Waals surface area (Å²) in [6, 6.07) is 0. The molecule has 0 aromatic rings. The molecule has 0 rings (SSSR count). The van der Waals surface area contributed by atoms with Crippen molar-refractivity contribution in [2.75, 3.05) is 20.2 Å². The molecular formula is C11H23NO6. The van der Waals surface area contributed by atoms with Crippen LogP contribution in [0.25, 0.3) is 0 Å². The first-order valence-electron chi connectivity index (χ1n) is 5.80. The third-order valence-corrected chi connectivity index (χ3v) is 2.66. The number of aliphatic hydroxyl groups excluding tert-OH is 5. The number of carbonyl (C=O) groups excluding carboxylic acids is 1. The van der Waals surface area contributed by atoms with Crippen LogP contribution < -0.4 is 0 Å². The first-order chi connectivity index (χ1) is 8.22. The van der Waals surface area contributed by atoms with Gasteiger partial charge >= 0.3 is 0 Å². The van der Waals surface area contributed by atoms with E-state index in [-0.39, 0.29) is 18.4 Å². The topological polar surface area (TPSA) is 121 Å². The van der Waals surface area contributed by atoms with Gasteiger partial charge in [0.2, 0.25) is 5.91 Å². The largest absolute Gasteiger partial charge is 0.394 e. The molecule has 0 radical (unpaired) electrons. The molecular weight excluding hydrogens is 242 g/mol. The Morgan fingerprint density at radius 1 is 1.06 bits per heavy atom. The maximum absolute atomic E-state index is 11.5. The zero-order valence-corrected chi connectivity index (χ0v) is 10.9. The maximum atomic E-state index is 11.5. The Morgan fingerprint density at radius 3 is 1.89 bits per heavy atom. The Labute approximate surface area is 106 Å². The standard InChI is InChI=1S/C11H23NO6/c1-6(2)11(18)12(3)4-7(14)9(16)10(17)8(15)5-13/h6-10,13-17H,4-5H2,1-3H3. The molecule has 0 aliphatic heterocycles. The molecule has 5 N–H and O–H groups in total. The van der Waals surface area contributed by atoms with E-state index < -0.39 is 31.0 Å². The molecule has 108 valence electrons. The first kappa shape index (κ1) is 17.3. The van der Waals surface area contributed by atoms with Crippen molar-refractivity contribution in [2.45, 2.75) is 38.3 Å². The summed E-state index contributed by atoms with van der Waals surface area (Å²) in [4.78, 5) is 12.8. The molecule has 0 spiro atoms. The monoisotopic (exact) mass is 265 g/mol. The van der Waals surface area contributed by atoms with Crippen LogP contribution in [0.2, 0.25) is 0 Å². The molecule has 0 saturated heterocycles. The van der Waals surface area contributed by atoms with E-state index in [1.807, 2.05) is 0 Å². The summed E-state index contributed by atoms with van der Waals surface area (Å²) < 4.78 is 0. The lowest BCUT2D eigenvalue weighted by Crippen LogP contribution is -2.50. The summed E-state index contributed by atoms with van der Waals surface area (Å²) in [5, 5.41) is 46.3. The van der Waals surface area contributed by atoms with Gasteiger partial charge < -0.3 is 30.4 Å². The number of aliphatic hydroxyl groups is 5. The molecule has 0 aliphatic rings. The van der Waals surface area contributed by atoms with Crippen LogP contribution in [0.4, 0.5) is 0 Å². The van der Waals surface area contributed by atoms with Crippen LogP contribution in [-0.2, 0) is 4.79 Å². The average Bonchev–Trinajstić information content (AvgIpc) is 2.34. The van der Waals surface area contributed by atoms with Crippen LogP contribution in [-0.4, -0.2) is 81.0 Å². The van der Waals surface area contributed by atoms with Gasteiger partial charge in [-0.25, -0.2) is 0 Å². The van der Waals surface area contributed by atoms with Gasteiger partial charge in [-0.2, -0.15) is 0 Å². The molecule has 7 nitrogen and oxygen atoms in total. The molecule has 1 amide bonds. The summed E-state index contributed by atoms with van der Waals surface area (Å²) in [7, 11) is 1.47. The summed E-state index contributed by atoms with van der Waals surface area (Å²) in [5.41, 5.74) is 0. The molecule has 0 aromatic carbocycles. The van der Waals surface area contributed by atoms with Gasteiger partial charge in [0.1, 0.15) is 24.4 Å². The van der Waals surface area contributed by atoms with Gasteiger partial charge in [-0.15, -0.1) is 0 Å². The fourth-order valence-electron chi connectivity index (χ4n) is 1.48. The number of amides is 1. The highest BCUT2D eigenvalue weighted by atomic mass is 16.4. The molecule has 0 heterocycles. The molecule has 0 bridgehead atoms. The minimum atomic E-state index is -1.67. The summed E-state index contributed by atoms with van der Waals surface area (Å²) >= 11 is 0. The lowest BCUT2D eigenvalue weighted by Gasteiger charge is -2.29. The Balaban J connectivity index is 4.39. The van der Waals surface area contributed by atoms with Gasteiger partial charge in [-0.3, -0.25) is 4.79 Å². The zero-order valence-electron chi connectivity index (χ0n) is 10.9. The van der Waals surface area contributed by atoms with Crippen LogP contribution >= 0.6 is 0 Å². The van der Waals surface area contributed by atoms with Crippen molar-refractivity contribution < 1.29 is 30.3 Å². The van der Waals surface area contributed by atoms with Crippen molar-refractivity contribution in [1.82, 2.24) is 4.90 Å². The molecule has 0 fully saturated rings. The number of rotatable bonds is 7. The van der Waals surface area contributed by atoms with E-state index in [4.69, 9.17) is 10.2 Å².